The van der Waals surface area contributed by atoms with Gasteiger partial charge in [-0.15, -0.1) is 0 Å². The molecule has 0 amide bonds. The van der Waals surface area contributed by atoms with E-state index in [0.29, 0.717) is 12.7 Å². The number of likely N-dealkylation sites (N-methyl/N-ethyl adjacent to an activating group) is 2. The zero-order valence-electron chi connectivity index (χ0n) is 28.5. The van der Waals surface area contributed by atoms with Crippen LogP contribution in [0.3, 0.4) is 0 Å². The van der Waals surface area contributed by atoms with Gasteiger partial charge in [0.15, 0.2) is 0 Å². The van der Waals surface area contributed by atoms with Crippen LogP contribution in [0.15, 0.2) is 24.3 Å². The molecular formula is C36H68Cl2N2NiP2. The fraction of sp³-hybridized carbons (Fsp3) is 0.889. The van der Waals surface area contributed by atoms with E-state index in [1.165, 1.54) is 89.4 Å². The van der Waals surface area contributed by atoms with Crippen molar-refractivity contribution in [1.29, 1.82) is 0 Å². The van der Waals surface area contributed by atoms with Crippen molar-refractivity contribution in [1.82, 2.24) is 9.80 Å². The van der Waals surface area contributed by atoms with E-state index < -0.39 is 0 Å². The first-order valence-electron chi connectivity index (χ1n) is 17.9. The van der Waals surface area contributed by atoms with E-state index in [9.17, 15) is 0 Å². The second-order valence-corrected chi connectivity index (χ2v) is 21.4. The van der Waals surface area contributed by atoms with Gasteiger partial charge in [0.05, 0.1) is 0 Å². The molecule has 0 N–H and O–H groups in total. The Bertz CT molecular complexity index is 605. The van der Waals surface area contributed by atoms with Crippen LogP contribution in [0.1, 0.15) is 128 Å². The second kappa shape index (κ2) is 26.3. The van der Waals surface area contributed by atoms with E-state index in [1.807, 2.05) is 0 Å². The molecule has 256 valence electrons. The summed E-state index contributed by atoms with van der Waals surface area (Å²) in [7, 11) is 18.6. The van der Waals surface area contributed by atoms with E-state index in [-0.39, 0.29) is 15.8 Å². The van der Waals surface area contributed by atoms with Crippen LogP contribution in [0.2, 0.25) is 0 Å². The van der Waals surface area contributed by atoms with Gasteiger partial charge in [-0.3, -0.25) is 0 Å². The van der Waals surface area contributed by atoms with Crippen molar-refractivity contribution in [3.8, 4) is 0 Å². The summed E-state index contributed by atoms with van der Waals surface area (Å²) in [5.41, 5.74) is 4.41. The topological polar surface area (TPSA) is 6.48 Å². The number of hydrogen-bond acceptors (Lipinski definition) is 2. The third kappa shape index (κ3) is 18.5. The average molecular weight is 721 g/mol. The van der Waals surface area contributed by atoms with Gasteiger partial charge in [-0.05, 0) is 115 Å². The van der Waals surface area contributed by atoms with E-state index in [0.717, 1.165) is 35.7 Å². The number of rotatable bonds is 12. The van der Waals surface area contributed by atoms with Gasteiger partial charge in [-0.1, -0.05) is 117 Å². The standard InChI is InChI=1S/2C18H34NP.2ClH.Ni/c2*1-19(2)15-9-10-16-20(17-11-5-3-6-12-17)18-13-7-4-8-14-18;;;/h2*9-10,17-18H,3-8,11-16H2,1-2H3;2*1H;/q;;;;+2/p-2. The molecule has 4 saturated carbocycles. The van der Waals surface area contributed by atoms with Gasteiger partial charge in [-0.2, -0.15) is 0 Å². The van der Waals surface area contributed by atoms with Gasteiger partial charge in [0.1, 0.15) is 0 Å². The molecule has 4 fully saturated rings. The normalized spacial score (nSPS) is 22.1. The van der Waals surface area contributed by atoms with Crippen molar-refractivity contribution in [2.75, 3.05) is 53.6 Å². The zero-order valence-corrected chi connectivity index (χ0v) is 32.7. The van der Waals surface area contributed by atoms with Crippen LogP contribution in [-0.4, -0.2) is 86.0 Å². The summed E-state index contributed by atoms with van der Waals surface area (Å²) >= 11 is 0.569. The van der Waals surface area contributed by atoms with Crippen molar-refractivity contribution in [2.45, 2.75) is 151 Å². The first kappa shape index (κ1) is 40.5. The van der Waals surface area contributed by atoms with Gasteiger partial charge >= 0.3 is 33.0 Å². The number of hydrogen-bond donors (Lipinski definition) is 0. The van der Waals surface area contributed by atoms with Crippen LogP contribution in [0, 0.1) is 0 Å². The predicted molar refractivity (Wildman–Crippen MR) is 198 cm³/mol. The Kier molecular flexibility index (Phi) is 24.8. The molecule has 0 aliphatic heterocycles. The molecule has 2 nitrogen and oxygen atoms in total. The molecular weight excluding hydrogens is 652 g/mol. The number of halogens is 2. The van der Waals surface area contributed by atoms with Crippen molar-refractivity contribution < 1.29 is 12.7 Å². The van der Waals surface area contributed by atoms with Gasteiger partial charge in [0, 0.05) is 13.1 Å². The Morgan fingerprint density at radius 3 is 0.907 bits per heavy atom. The van der Waals surface area contributed by atoms with Crippen LogP contribution in [-0.2, 0) is 12.7 Å². The van der Waals surface area contributed by atoms with E-state index in [1.54, 1.807) is 51.4 Å². The molecule has 0 aromatic rings. The third-order valence-corrected chi connectivity index (χ3v) is 17.2. The second-order valence-electron chi connectivity index (χ2n) is 14.1. The maximum absolute atomic E-state index is 4.70. The van der Waals surface area contributed by atoms with Crippen molar-refractivity contribution >= 4 is 36.2 Å². The minimum absolute atomic E-state index is 0.267. The Morgan fingerprint density at radius 1 is 0.465 bits per heavy atom. The van der Waals surface area contributed by atoms with Crippen LogP contribution >= 0.6 is 36.2 Å². The van der Waals surface area contributed by atoms with E-state index in [4.69, 9.17) is 20.4 Å². The van der Waals surface area contributed by atoms with E-state index >= 15 is 0 Å². The van der Waals surface area contributed by atoms with Gasteiger partial charge < -0.3 is 9.80 Å². The molecule has 4 aliphatic rings. The van der Waals surface area contributed by atoms with Gasteiger partial charge in [0.2, 0.25) is 0 Å². The summed E-state index contributed by atoms with van der Waals surface area (Å²) in [5.74, 6) is 0. The first-order valence-corrected chi connectivity index (χ1v) is 23.9. The average Bonchev–Trinajstić information content (AvgIpc) is 3.03. The quantitative estimate of drug-likeness (QED) is 0.113. The molecule has 0 bridgehead atoms. The molecule has 0 aromatic carbocycles. The molecule has 0 spiro atoms. The summed E-state index contributed by atoms with van der Waals surface area (Å²) in [5, 5.41) is 0. The number of allylic oxidation sites excluding steroid dienone is 2. The molecule has 4 rings (SSSR count). The molecule has 0 aromatic heterocycles. The minimum atomic E-state index is 0.267. The Balaban J connectivity index is 0.000000275. The molecule has 4 aliphatic carbocycles. The van der Waals surface area contributed by atoms with Gasteiger partial charge in [-0.25, -0.2) is 0 Å². The van der Waals surface area contributed by atoms with Crippen molar-refractivity contribution in [2.24, 2.45) is 0 Å². The Labute approximate surface area is 286 Å². The third-order valence-electron chi connectivity index (χ3n) is 10.1. The van der Waals surface area contributed by atoms with Crippen molar-refractivity contribution in [3.63, 3.8) is 0 Å². The monoisotopic (exact) mass is 718 g/mol. The molecule has 0 saturated heterocycles. The summed E-state index contributed by atoms with van der Waals surface area (Å²) < 4.78 is 0. The molecule has 0 atom stereocenters. The number of nitrogens with zero attached hydrogens (tertiary/aromatic N) is 2. The van der Waals surface area contributed by atoms with Crippen LogP contribution in [0.5, 0.6) is 0 Å². The molecule has 0 radical (unpaired) electrons. The molecule has 0 heterocycles. The zero-order chi connectivity index (χ0) is 31.1. The summed E-state index contributed by atoms with van der Waals surface area (Å²) in [6, 6.07) is 0. The van der Waals surface area contributed by atoms with Crippen molar-refractivity contribution in [3.05, 3.63) is 24.3 Å². The van der Waals surface area contributed by atoms with E-state index in [2.05, 4.69) is 62.3 Å². The molecule has 43 heavy (non-hydrogen) atoms. The summed E-state index contributed by atoms with van der Waals surface area (Å²) in [6.07, 6.45) is 43.1. The Hall–Kier alpha value is 1.33. The Morgan fingerprint density at radius 2 is 0.698 bits per heavy atom. The van der Waals surface area contributed by atoms with Gasteiger partial charge in [0.25, 0.3) is 0 Å². The van der Waals surface area contributed by atoms with Crippen LogP contribution < -0.4 is 0 Å². The predicted octanol–water partition coefficient (Wildman–Crippen LogP) is 11.9. The fourth-order valence-electron chi connectivity index (χ4n) is 7.81. The maximum atomic E-state index is 4.70. The fourth-order valence-corrected chi connectivity index (χ4v) is 15.1. The first-order chi connectivity index (χ1) is 21.0. The SMILES string of the molecule is CN(C)CC=CCP(C1CCCCC1)C1CCCCC1.CN(C)CC=CCP(C1CCCCC1)C1CCCCC1.[Cl][Ni][Cl]. The molecule has 7 heteroatoms. The van der Waals surface area contributed by atoms with Crippen LogP contribution in [0.25, 0.3) is 0 Å². The van der Waals surface area contributed by atoms with Crippen LogP contribution in [0.4, 0.5) is 0 Å². The molecule has 0 unspecified atom stereocenters. The summed E-state index contributed by atoms with van der Waals surface area (Å²) in [6.45, 7) is 2.22. The summed E-state index contributed by atoms with van der Waals surface area (Å²) in [4.78, 5) is 4.53.